The number of rotatable bonds is 3. The Kier molecular flexibility index (Phi) is 4.76. The van der Waals surface area contributed by atoms with Crippen molar-refractivity contribution in [3.8, 4) is 0 Å². The lowest BCUT2D eigenvalue weighted by Crippen LogP contribution is -2.41. The standard InChI is InChI=1S/C18H21BrN2O3/c1-12-9-13(5-6-14(12)19)20-15(22)11-21-16(23)10-18(17(21)24)7-3-2-4-8-18/h5-6,9H,2-4,7-8,10-11H2,1H3,(H,20,22). The maximum atomic E-state index is 12.7. The van der Waals surface area contributed by atoms with Crippen molar-refractivity contribution >= 4 is 39.3 Å². The van der Waals surface area contributed by atoms with Gasteiger partial charge in [0.2, 0.25) is 17.7 Å². The molecule has 0 aromatic heterocycles. The highest BCUT2D eigenvalue weighted by Gasteiger charge is 2.51. The number of imide groups is 1. The van der Waals surface area contributed by atoms with Gasteiger partial charge in [0.05, 0.1) is 5.41 Å². The first-order valence-electron chi connectivity index (χ1n) is 8.32. The van der Waals surface area contributed by atoms with Crippen LogP contribution in [0.1, 0.15) is 44.1 Å². The number of aryl methyl sites for hydroxylation is 1. The summed E-state index contributed by atoms with van der Waals surface area (Å²) in [5, 5.41) is 2.76. The predicted molar refractivity (Wildman–Crippen MR) is 94.4 cm³/mol. The number of amides is 3. The molecular formula is C18H21BrN2O3. The van der Waals surface area contributed by atoms with Gasteiger partial charge in [-0.25, -0.2) is 0 Å². The van der Waals surface area contributed by atoms with Crippen molar-refractivity contribution in [1.29, 1.82) is 0 Å². The van der Waals surface area contributed by atoms with Crippen molar-refractivity contribution in [3.05, 3.63) is 28.2 Å². The summed E-state index contributed by atoms with van der Waals surface area (Å²) in [7, 11) is 0. The van der Waals surface area contributed by atoms with Crippen LogP contribution in [0.4, 0.5) is 5.69 Å². The Morgan fingerprint density at radius 3 is 2.62 bits per heavy atom. The maximum absolute atomic E-state index is 12.7. The van der Waals surface area contributed by atoms with E-state index in [1.165, 1.54) is 0 Å². The molecule has 5 nitrogen and oxygen atoms in total. The number of likely N-dealkylation sites (tertiary alicyclic amines) is 1. The number of carbonyl (C=O) groups excluding carboxylic acids is 3. The molecule has 128 valence electrons. The van der Waals surface area contributed by atoms with Gasteiger partial charge in [-0.3, -0.25) is 19.3 Å². The van der Waals surface area contributed by atoms with Gasteiger partial charge in [-0.15, -0.1) is 0 Å². The van der Waals surface area contributed by atoms with Crippen molar-refractivity contribution in [2.75, 3.05) is 11.9 Å². The van der Waals surface area contributed by atoms with Crippen LogP contribution in [0.3, 0.4) is 0 Å². The summed E-state index contributed by atoms with van der Waals surface area (Å²) in [6, 6.07) is 5.48. The fraction of sp³-hybridized carbons (Fsp3) is 0.500. The van der Waals surface area contributed by atoms with Gasteiger partial charge in [-0.1, -0.05) is 35.2 Å². The minimum atomic E-state index is -0.538. The Morgan fingerprint density at radius 2 is 1.96 bits per heavy atom. The Morgan fingerprint density at radius 1 is 1.25 bits per heavy atom. The minimum Gasteiger partial charge on any atom is -0.325 e. The van der Waals surface area contributed by atoms with Crippen LogP contribution in [0.5, 0.6) is 0 Å². The van der Waals surface area contributed by atoms with E-state index in [-0.39, 0.29) is 30.7 Å². The molecule has 1 aromatic rings. The van der Waals surface area contributed by atoms with Gasteiger partial charge in [0, 0.05) is 16.6 Å². The highest BCUT2D eigenvalue weighted by atomic mass is 79.9. The van der Waals surface area contributed by atoms with E-state index < -0.39 is 5.41 Å². The molecule has 1 aliphatic heterocycles. The Bertz CT molecular complexity index is 696. The quantitative estimate of drug-likeness (QED) is 0.801. The molecule has 3 amide bonds. The average molecular weight is 393 g/mol. The molecule has 2 fully saturated rings. The lowest BCUT2D eigenvalue weighted by molar-refractivity contribution is -0.144. The molecule has 0 bridgehead atoms. The Labute approximate surface area is 149 Å². The summed E-state index contributed by atoms with van der Waals surface area (Å²) in [5.41, 5.74) is 1.12. The second-order valence-corrected chi connectivity index (χ2v) is 7.67. The third kappa shape index (κ3) is 3.24. The average Bonchev–Trinajstić information content (AvgIpc) is 2.76. The molecule has 1 aromatic carbocycles. The lowest BCUT2D eigenvalue weighted by atomic mass is 9.73. The Balaban J connectivity index is 1.66. The molecule has 6 heteroatoms. The summed E-state index contributed by atoms with van der Waals surface area (Å²) in [5.74, 6) is -0.718. The van der Waals surface area contributed by atoms with Gasteiger partial charge in [-0.05, 0) is 43.5 Å². The van der Waals surface area contributed by atoms with Crippen molar-refractivity contribution in [3.63, 3.8) is 0 Å². The summed E-state index contributed by atoms with van der Waals surface area (Å²) in [6.45, 7) is 1.73. The van der Waals surface area contributed by atoms with Crippen molar-refractivity contribution in [2.24, 2.45) is 5.41 Å². The molecule has 0 atom stereocenters. The first kappa shape index (κ1) is 17.1. The van der Waals surface area contributed by atoms with E-state index in [2.05, 4.69) is 21.2 Å². The molecular weight excluding hydrogens is 372 g/mol. The van der Waals surface area contributed by atoms with Gasteiger partial charge in [0.25, 0.3) is 0 Å². The molecule has 1 heterocycles. The molecule has 1 N–H and O–H groups in total. The van der Waals surface area contributed by atoms with Crippen molar-refractivity contribution < 1.29 is 14.4 Å². The zero-order valence-electron chi connectivity index (χ0n) is 13.7. The zero-order valence-corrected chi connectivity index (χ0v) is 15.3. The SMILES string of the molecule is Cc1cc(NC(=O)CN2C(=O)CC3(CCCCC3)C2=O)ccc1Br. The largest absolute Gasteiger partial charge is 0.325 e. The van der Waals surface area contributed by atoms with E-state index in [0.717, 1.165) is 47.0 Å². The monoisotopic (exact) mass is 392 g/mol. The molecule has 1 aliphatic carbocycles. The van der Waals surface area contributed by atoms with Crippen LogP contribution >= 0.6 is 15.9 Å². The van der Waals surface area contributed by atoms with E-state index >= 15 is 0 Å². The highest BCUT2D eigenvalue weighted by Crippen LogP contribution is 2.45. The summed E-state index contributed by atoms with van der Waals surface area (Å²) >= 11 is 3.41. The topological polar surface area (TPSA) is 66.5 Å². The molecule has 24 heavy (non-hydrogen) atoms. The van der Waals surface area contributed by atoms with Gasteiger partial charge in [0.15, 0.2) is 0 Å². The number of halogens is 1. The smallest absolute Gasteiger partial charge is 0.244 e. The molecule has 0 unspecified atom stereocenters. The first-order valence-corrected chi connectivity index (χ1v) is 9.11. The number of benzene rings is 1. The van der Waals surface area contributed by atoms with Crippen LogP contribution < -0.4 is 5.32 Å². The summed E-state index contributed by atoms with van der Waals surface area (Å²) in [4.78, 5) is 38.4. The lowest BCUT2D eigenvalue weighted by Gasteiger charge is -2.30. The third-order valence-electron chi connectivity index (χ3n) is 5.04. The normalized spacial score (nSPS) is 19.8. The van der Waals surface area contributed by atoms with E-state index in [4.69, 9.17) is 0 Å². The number of nitrogens with zero attached hydrogens (tertiary/aromatic N) is 1. The first-order chi connectivity index (χ1) is 11.4. The van der Waals surface area contributed by atoms with E-state index in [1.54, 1.807) is 6.07 Å². The van der Waals surface area contributed by atoms with Crippen molar-refractivity contribution in [1.82, 2.24) is 4.90 Å². The predicted octanol–water partition coefficient (Wildman–Crippen LogP) is 3.41. The molecule has 1 saturated heterocycles. The minimum absolute atomic E-state index is 0.158. The highest BCUT2D eigenvalue weighted by molar-refractivity contribution is 9.10. The van der Waals surface area contributed by atoms with E-state index in [9.17, 15) is 14.4 Å². The number of anilines is 1. The molecule has 0 radical (unpaired) electrons. The van der Waals surface area contributed by atoms with Gasteiger partial charge in [0.1, 0.15) is 6.54 Å². The Hall–Kier alpha value is -1.69. The zero-order chi connectivity index (χ0) is 17.3. The van der Waals surface area contributed by atoms with Gasteiger partial charge in [-0.2, -0.15) is 0 Å². The third-order valence-corrected chi connectivity index (χ3v) is 5.93. The number of carbonyl (C=O) groups is 3. The van der Waals surface area contributed by atoms with Crippen LogP contribution in [0.15, 0.2) is 22.7 Å². The second-order valence-electron chi connectivity index (χ2n) is 6.81. The number of hydrogen-bond donors (Lipinski definition) is 1. The van der Waals surface area contributed by atoms with E-state index in [0.29, 0.717) is 5.69 Å². The van der Waals surface area contributed by atoms with Crippen LogP contribution in [0.25, 0.3) is 0 Å². The van der Waals surface area contributed by atoms with Crippen LogP contribution in [0, 0.1) is 12.3 Å². The molecule has 1 spiro atoms. The van der Waals surface area contributed by atoms with Gasteiger partial charge < -0.3 is 5.32 Å². The maximum Gasteiger partial charge on any atom is 0.244 e. The van der Waals surface area contributed by atoms with E-state index in [1.807, 2.05) is 19.1 Å². The van der Waals surface area contributed by atoms with Crippen molar-refractivity contribution in [2.45, 2.75) is 45.4 Å². The van der Waals surface area contributed by atoms with Crippen LogP contribution in [-0.4, -0.2) is 29.2 Å². The second kappa shape index (κ2) is 6.67. The van der Waals surface area contributed by atoms with Crippen LogP contribution in [0.2, 0.25) is 0 Å². The molecule has 2 aliphatic rings. The van der Waals surface area contributed by atoms with Gasteiger partial charge >= 0.3 is 0 Å². The fourth-order valence-corrected chi connectivity index (χ4v) is 3.95. The summed E-state index contributed by atoms with van der Waals surface area (Å²) < 4.78 is 0.963. The number of nitrogens with one attached hydrogen (secondary N) is 1. The molecule has 1 saturated carbocycles. The summed E-state index contributed by atoms with van der Waals surface area (Å²) in [6.07, 6.45) is 4.88. The number of hydrogen-bond acceptors (Lipinski definition) is 3. The molecule has 3 rings (SSSR count). The fourth-order valence-electron chi connectivity index (χ4n) is 3.71. The van der Waals surface area contributed by atoms with Crippen LogP contribution in [-0.2, 0) is 14.4 Å².